The van der Waals surface area contributed by atoms with E-state index in [9.17, 15) is 9.90 Å². The molecule has 4 nitrogen and oxygen atoms in total. The van der Waals surface area contributed by atoms with Gasteiger partial charge in [-0.1, -0.05) is 23.7 Å². The zero-order valence-electron chi connectivity index (χ0n) is 14.6. The zero-order valence-corrected chi connectivity index (χ0v) is 16.2. The highest BCUT2D eigenvalue weighted by molar-refractivity contribution is 7.16. The third-order valence-electron chi connectivity index (χ3n) is 5.50. The first-order valence-electron chi connectivity index (χ1n) is 9.14. The molecule has 4 rings (SSSR count). The minimum Gasteiger partial charge on any atom is -0.384 e. The van der Waals surface area contributed by atoms with Gasteiger partial charge in [-0.25, -0.2) is 0 Å². The van der Waals surface area contributed by atoms with Crippen molar-refractivity contribution < 1.29 is 9.90 Å². The molecule has 0 bridgehead atoms. The summed E-state index contributed by atoms with van der Waals surface area (Å²) >= 11 is 7.50. The number of benzene rings is 1. The summed E-state index contributed by atoms with van der Waals surface area (Å²) < 4.78 is 0.736. The Bertz CT molecular complexity index is 812. The van der Waals surface area contributed by atoms with Crippen LogP contribution < -0.4 is 5.32 Å². The first-order chi connectivity index (χ1) is 12.5. The fourth-order valence-corrected chi connectivity index (χ4v) is 5.03. The van der Waals surface area contributed by atoms with Gasteiger partial charge in [0, 0.05) is 36.6 Å². The Balaban J connectivity index is 1.32. The molecule has 0 unspecified atom stereocenters. The second kappa shape index (κ2) is 7.31. The van der Waals surface area contributed by atoms with Crippen molar-refractivity contribution in [1.29, 1.82) is 0 Å². The first kappa shape index (κ1) is 18.0. The molecule has 1 fully saturated rings. The van der Waals surface area contributed by atoms with E-state index in [1.165, 1.54) is 22.5 Å². The monoisotopic (exact) mass is 390 g/mol. The van der Waals surface area contributed by atoms with Gasteiger partial charge in [0.1, 0.15) is 5.60 Å². The summed E-state index contributed by atoms with van der Waals surface area (Å²) in [7, 11) is 0. The lowest BCUT2D eigenvalue weighted by Gasteiger charge is -2.37. The van der Waals surface area contributed by atoms with Crippen molar-refractivity contribution >= 4 is 34.5 Å². The van der Waals surface area contributed by atoms with Crippen LogP contribution in [0.3, 0.4) is 0 Å². The Hall–Kier alpha value is -1.40. The Morgan fingerprint density at radius 1 is 1.19 bits per heavy atom. The van der Waals surface area contributed by atoms with Gasteiger partial charge in [0.25, 0.3) is 0 Å². The normalized spacial score (nSPS) is 19.8. The number of carbonyl (C=O) groups is 1. The van der Waals surface area contributed by atoms with Crippen LogP contribution in [0.15, 0.2) is 30.3 Å². The zero-order chi connectivity index (χ0) is 18.1. The molecular weight excluding hydrogens is 368 g/mol. The van der Waals surface area contributed by atoms with Crippen LogP contribution in [0, 0.1) is 0 Å². The third-order valence-corrected chi connectivity index (χ3v) is 6.92. The molecule has 2 aromatic rings. The quantitative estimate of drug-likeness (QED) is 0.834. The molecule has 1 saturated heterocycles. The number of hydrogen-bond acceptors (Lipinski definition) is 4. The Morgan fingerprint density at radius 2 is 2.00 bits per heavy atom. The summed E-state index contributed by atoms with van der Waals surface area (Å²) in [6.45, 7) is 2.78. The van der Waals surface area contributed by atoms with Gasteiger partial charge >= 0.3 is 0 Å². The number of piperidine rings is 1. The van der Waals surface area contributed by atoms with Crippen LogP contribution in [-0.4, -0.2) is 35.5 Å². The molecule has 26 heavy (non-hydrogen) atoms. The molecular formula is C20H23ClN2O2S. The number of nitrogens with zero attached hydrogens (tertiary/aromatic N) is 1. The lowest BCUT2D eigenvalue weighted by Crippen LogP contribution is -2.42. The van der Waals surface area contributed by atoms with E-state index in [-0.39, 0.29) is 5.91 Å². The van der Waals surface area contributed by atoms with E-state index >= 15 is 0 Å². The van der Waals surface area contributed by atoms with Crippen molar-refractivity contribution in [3.05, 3.63) is 50.7 Å². The molecule has 6 heteroatoms. The summed E-state index contributed by atoms with van der Waals surface area (Å²) in [5, 5.41) is 13.8. The van der Waals surface area contributed by atoms with Gasteiger partial charge in [-0.15, -0.1) is 11.3 Å². The number of likely N-dealkylation sites (tertiary alicyclic amines) is 1. The van der Waals surface area contributed by atoms with Gasteiger partial charge in [0.05, 0.1) is 4.34 Å². The summed E-state index contributed by atoms with van der Waals surface area (Å²) in [5.74, 6) is 0.109. The molecule has 0 atom stereocenters. The lowest BCUT2D eigenvalue weighted by atomic mass is 9.89. The minimum absolute atomic E-state index is 0.109. The van der Waals surface area contributed by atoms with Gasteiger partial charge in [0.15, 0.2) is 0 Å². The van der Waals surface area contributed by atoms with Crippen LogP contribution in [0.4, 0.5) is 5.69 Å². The Labute approximate surface area is 162 Å². The van der Waals surface area contributed by atoms with E-state index < -0.39 is 5.60 Å². The molecule has 0 aliphatic carbocycles. The molecule has 1 aromatic carbocycles. The van der Waals surface area contributed by atoms with Gasteiger partial charge < -0.3 is 15.3 Å². The maximum atomic E-state index is 11.5. The topological polar surface area (TPSA) is 52.6 Å². The van der Waals surface area contributed by atoms with Crippen molar-refractivity contribution in [3.8, 4) is 0 Å². The number of anilines is 1. The summed E-state index contributed by atoms with van der Waals surface area (Å²) in [5.41, 5.74) is 2.79. The molecule has 2 aliphatic rings. The van der Waals surface area contributed by atoms with Crippen LogP contribution in [0.2, 0.25) is 4.34 Å². The van der Waals surface area contributed by atoms with E-state index in [0.29, 0.717) is 6.42 Å². The maximum Gasteiger partial charge on any atom is 0.224 e. The van der Waals surface area contributed by atoms with Gasteiger partial charge in [0.2, 0.25) is 5.91 Å². The lowest BCUT2D eigenvalue weighted by molar-refractivity contribution is -0.116. The Morgan fingerprint density at radius 3 is 2.73 bits per heavy atom. The highest BCUT2D eigenvalue weighted by Gasteiger charge is 2.35. The average molecular weight is 391 g/mol. The average Bonchev–Trinajstić information content (AvgIpc) is 3.08. The van der Waals surface area contributed by atoms with Crippen LogP contribution in [0.1, 0.15) is 35.3 Å². The van der Waals surface area contributed by atoms with E-state index in [1.54, 1.807) is 0 Å². The number of halogens is 1. The van der Waals surface area contributed by atoms with Crippen LogP contribution in [-0.2, 0) is 23.2 Å². The number of rotatable bonds is 4. The smallest absolute Gasteiger partial charge is 0.224 e. The molecule has 0 spiro atoms. The van der Waals surface area contributed by atoms with Gasteiger partial charge in [-0.3, -0.25) is 4.79 Å². The standard InChI is InChI=1S/C20H23ClN2O2S/c21-18-5-4-17(26-18)20(25)8-11-23(12-9-20)10-7-14-1-3-16-15(13-14)2-6-19(24)22-16/h1,3-5,13,25H,2,6-12H2,(H,22,24). The third kappa shape index (κ3) is 3.81. The van der Waals surface area contributed by atoms with Crippen LogP contribution >= 0.6 is 22.9 Å². The first-order valence-corrected chi connectivity index (χ1v) is 10.3. The number of aryl methyl sites for hydroxylation is 1. The summed E-state index contributed by atoms with van der Waals surface area (Å²) in [4.78, 5) is 14.9. The number of carbonyl (C=O) groups excluding carboxylic acids is 1. The number of fused-ring (bicyclic) bond motifs is 1. The van der Waals surface area contributed by atoms with E-state index in [0.717, 1.165) is 60.2 Å². The van der Waals surface area contributed by atoms with Crippen molar-refractivity contribution in [3.63, 3.8) is 0 Å². The van der Waals surface area contributed by atoms with Crippen molar-refractivity contribution in [2.45, 2.75) is 37.7 Å². The molecule has 1 amide bonds. The molecule has 2 N–H and O–H groups in total. The number of thiophene rings is 1. The molecule has 138 valence electrons. The Kier molecular flexibility index (Phi) is 5.06. The van der Waals surface area contributed by atoms with E-state index in [2.05, 4.69) is 22.3 Å². The molecule has 2 aliphatic heterocycles. The predicted octanol–water partition coefficient (Wildman–Crippen LogP) is 3.81. The van der Waals surface area contributed by atoms with Crippen molar-refractivity contribution in [1.82, 2.24) is 4.90 Å². The number of nitrogens with one attached hydrogen (secondary N) is 1. The van der Waals surface area contributed by atoms with Crippen LogP contribution in [0.5, 0.6) is 0 Å². The summed E-state index contributed by atoms with van der Waals surface area (Å²) in [6, 6.07) is 10.2. The van der Waals surface area contributed by atoms with Gasteiger partial charge in [-0.05, 0) is 55.0 Å². The minimum atomic E-state index is -0.724. The number of hydrogen-bond donors (Lipinski definition) is 2. The SMILES string of the molecule is O=C1CCc2cc(CCN3CCC(O)(c4ccc(Cl)s4)CC3)ccc2N1. The highest BCUT2D eigenvalue weighted by Crippen LogP contribution is 2.38. The largest absolute Gasteiger partial charge is 0.384 e. The summed E-state index contributed by atoms with van der Waals surface area (Å²) in [6.07, 6.45) is 3.90. The number of aliphatic hydroxyl groups is 1. The van der Waals surface area contributed by atoms with Gasteiger partial charge in [-0.2, -0.15) is 0 Å². The highest BCUT2D eigenvalue weighted by atomic mass is 35.5. The second-order valence-electron chi connectivity index (χ2n) is 7.27. The fourth-order valence-electron chi connectivity index (χ4n) is 3.84. The van der Waals surface area contributed by atoms with Crippen LogP contribution in [0.25, 0.3) is 0 Å². The van der Waals surface area contributed by atoms with E-state index in [4.69, 9.17) is 11.6 Å². The number of amides is 1. The molecule has 3 heterocycles. The van der Waals surface area contributed by atoms with Crippen molar-refractivity contribution in [2.24, 2.45) is 0 Å². The molecule has 1 aromatic heterocycles. The molecule has 0 radical (unpaired) electrons. The maximum absolute atomic E-state index is 11.5. The molecule has 0 saturated carbocycles. The predicted molar refractivity (Wildman–Crippen MR) is 106 cm³/mol. The fraction of sp³-hybridized carbons (Fsp3) is 0.450. The van der Waals surface area contributed by atoms with E-state index in [1.807, 2.05) is 18.2 Å². The van der Waals surface area contributed by atoms with Crippen molar-refractivity contribution in [2.75, 3.05) is 25.0 Å². The second-order valence-corrected chi connectivity index (χ2v) is 8.98.